The maximum absolute atomic E-state index is 10.7. The van der Waals surface area contributed by atoms with Gasteiger partial charge in [0.25, 0.3) is 5.69 Å². The fraction of sp³-hybridized carbons (Fsp3) is 0. The van der Waals surface area contributed by atoms with Crippen molar-refractivity contribution >= 4 is 18.3 Å². The van der Waals surface area contributed by atoms with Crippen LogP contribution < -0.4 is 5.46 Å². The molecule has 0 fully saturated rings. The van der Waals surface area contributed by atoms with E-state index in [0.29, 0.717) is 5.56 Å². The summed E-state index contributed by atoms with van der Waals surface area (Å²) in [6.45, 7) is 0. The molecule has 0 bridgehead atoms. The molecule has 0 spiro atoms. The summed E-state index contributed by atoms with van der Waals surface area (Å²) in [4.78, 5) is 10.1. The zero-order chi connectivity index (χ0) is 13.1. The Kier molecular flexibility index (Phi) is 3.41. The molecule has 0 aliphatic heterocycles. The largest absolute Gasteiger partial charge is 0.489 e. The Morgan fingerprint density at radius 1 is 1.06 bits per heavy atom. The normalized spacial score (nSPS) is 10.1. The third-order valence-electron chi connectivity index (χ3n) is 2.61. The molecule has 2 aromatic carbocycles. The molecule has 2 aromatic rings. The first-order valence-corrected chi connectivity index (χ1v) is 5.29. The molecule has 2 rings (SSSR count). The van der Waals surface area contributed by atoms with Crippen LogP contribution in [0.1, 0.15) is 0 Å². The SMILES string of the molecule is O=[N+]([O-])c1ccc(-c2ccccc2)c(B(O)O)c1. The van der Waals surface area contributed by atoms with Crippen molar-refractivity contribution in [3.05, 3.63) is 58.6 Å². The van der Waals surface area contributed by atoms with E-state index in [-0.39, 0.29) is 11.2 Å². The molecule has 0 radical (unpaired) electrons. The summed E-state index contributed by atoms with van der Waals surface area (Å²) in [6.07, 6.45) is 0. The summed E-state index contributed by atoms with van der Waals surface area (Å²) in [5.41, 5.74) is 1.29. The molecule has 0 amide bonds. The van der Waals surface area contributed by atoms with Gasteiger partial charge in [0.2, 0.25) is 0 Å². The maximum Gasteiger partial charge on any atom is 0.489 e. The van der Waals surface area contributed by atoms with Crippen LogP contribution in [-0.4, -0.2) is 22.1 Å². The number of rotatable bonds is 3. The summed E-state index contributed by atoms with van der Waals surface area (Å²) in [7, 11) is -1.75. The molecule has 6 heteroatoms. The van der Waals surface area contributed by atoms with Crippen molar-refractivity contribution in [1.29, 1.82) is 0 Å². The van der Waals surface area contributed by atoms with Gasteiger partial charge in [0.05, 0.1) is 4.92 Å². The van der Waals surface area contributed by atoms with Crippen LogP contribution in [0.15, 0.2) is 48.5 Å². The number of nitro groups is 1. The smallest absolute Gasteiger partial charge is 0.423 e. The van der Waals surface area contributed by atoms with Gasteiger partial charge in [-0.1, -0.05) is 30.3 Å². The Labute approximate surface area is 104 Å². The van der Waals surface area contributed by atoms with Crippen LogP contribution in [0.2, 0.25) is 0 Å². The highest BCUT2D eigenvalue weighted by molar-refractivity contribution is 6.60. The van der Waals surface area contributed by atoms with Crippen molar-refractivity contribution in [2.75, 3.05) is 0 Å². The van der Waals surface area contributed by atoms with E-state index in [0.717, 1.165) is 5.56 Å². The van der Waals surface area contributed by atoms with Crippen molar-refractivity contribution in [1.82, 2.24) is 0 Å². The van der Waals surface area contributed by atoms with E-state index in [1.165, 1.54) is 18.2 Å². The van der Waals surface area contributed by atoms with Crippen molar-refractivity contribution < 1.29 is 15.0 Å². The second-order valence-electron chi connectivity index (χ2n) is 3.77. The van der Waals surface area contributed by atoms with Gasteiger partial charge in [-0.05, 0) is 22.7 Å². The van der Waals surface area contributed by atoms with Crippen LogP contribution in [0, 0.1) is 10.1 Å². The Balaban J connectivity index is 2.58. The fourth-order valence-corrected chi connectivity index (χ4v) is 1.76. The molecule has 0 aliphatic carbocycles. The minimum atomic E-state index is -1.75. The molecular weight excluding hydrogens is 233 g/mol. The Hall–Kier alpha value is -2.18. The zero-order valence-corrected chi connectivity index (χ0v) is 9.35. The summed E-state index contributed by atoms with van der Waals surface area (Å²) < 4.78 is 0. The molecule has 18 heavy (non-hydrogen) atoms. The summed E-state index contributed by atoms with van der Waals surface area (Å²) in [5.74, 6) is 0. The Bertz CT molecular complexity index is 572. The monoisotopic (exact) mass is 243 g/mol. The van der Waals surface area contributed by atoms with Gasteiger partial charge >= 0.3 is 7.12 Å². The third kappa shape index (κ3) is 2.39. The quantitative estimate of drug-likeness (QED) is 0.477. The third-order valence-corrected chi connectivity index (χ3v) is 2.61. The lowest BCUT2D eigenvalue weighted by molar-refractivity contribution is -0.384. The van der Waals surface area contributed by atoms with Crippen LogP contribution in [0.25, 0.3) is 11.1 Å². The lowest BCUT2D eigenvalue weighted by atomic mass is 9.75. The maximum atomic E-state index is 10.7. The average molecular weight is 243 g/mol. The van der Waals surface area contributed by atoms with Gasteiger partial charge in [0.1, 0.15) is 0 Å². The van der Waals surface area contributed by atoms with Crippen LogP contribution in [0.5, 0.6) is 0 Å². The molecule has 0 saturated heterocycles. The van der Waals surface area contributed by atoms with Gasteiger partial charge in [-0.15, -0.1) is 0 Å². The number of benzene rings is 2. The van der Waals surface area contributed by atoms with E-state index in [2.05, 4.69) is 0 Å². The second-order valence-corrected chi connectivity index (χ2v) is 3.77. The predicted octanol–water partition coefficient (Wildman–Crippen LogP) is 0.942. The molecule has 0 aromatic heterocycles. The highest BCUT2D eigenvalue weighted by Gasteiger charge is 2.20. The lowest BCUT2D eigenvalue weighted by Crippen LogP contribution is -2.31. The minimum Gasteiger partial charge on any atom is -0.423 e. The minimum absolute atomic E-state index is 0.121. The highest BCUT2D eigenvalue weighted by Crippen LogP contribution is 2.20. The summed E-state index contributed by atoms with van der Waals surface area (Å²) in [5, 5.41) is 29.3. The van der Waals surface area contributed by atoms with Gasteiger partial charge in [-0.25, -0.2) is 0 Å². The van der Waals surface area contributed by atoms with Gasteiger partial charge in [-0.3, -0.25) is 10.1 Å². The highest BCUT2D eigenvalue weighted by atomic mass is 16.6. The number of nitro benzene ring substituents is 1. The van der Waals surface area contributed by atoms with Crippen molar-refractivity contribution in [2.24, 2.45) is 0 Å². The molecule has 5 nitrogen and oxygen atoms in total. The van der Waals surface area contributed by atoms with E-state index in [1.54, 1.807) is 12.1 Å². The van der Waals surface area contributed by atoms with E-state index in [1.807, 2.05) is 18.2 Å². The van der Waals surface area contributed by atoms with Crippen LogP contribution in [0.4, 0.5) is 5.69 Å². The Morgan fingerprint density at radius 2 is 1.72 bits per heavy atom. The van der Waals surface area contributed by atoms with Crippen molar-refractivity contribution in [2.45, 2.75) is 0 Å². The molecule has 0 unspecified atom stereocenters. The standard InChI is InChI=1S/C12H10BNO4/c15-13(16)12-8-10(14(17)18)6-7-11(12)9-4-2-1-3-5-9/h1-8,15-16H. The number of hydrogen-bond acceptors (Lipinski definition) is 4. The fourth-order valence-electron chi connectivity index (χ4n) is 1.76. The van der Waals surface area contributed by atoms with Crippen LogP contribution in [0.3, 0.4) is 0 Å². The van der Waals surface area contributed by atoms with Crippen LogP contribution in [-0.2, 0) is 0 Å². The number of nitrogens with zero attached hydrogens (tertiary/aromatic N) is 1. The van der Waals surface area contributed by atoms with Gasteiger partial charge < -0.3 is 10.0 Å². The first-order chi connectivity index (χ1) is 8.59. The first kappa shape index (κ1) is 12.3. The molecule has 0 heterocycles. The molecular formula is C12H10BNO4. The molecule has 0 atom stereocenters. The molecule has 0 saturated carbocycles. The predicted molar refractivity (Wildman–Crippen MR) is 68.4 cm³/mol. The van der Waals surface area contributed by atoms with E-state index in [9.17, 15) is 20.2 Å². The molecule has 90 valence electrons. The Morgan fingerprint density at radius 3 is 2.28 bits per heavy atom. The molecule has 2 N–H and O–H groups in total. The molecule has 0 aliphatic rings. The van der Waals surface area contributed by atoms with E-state index >= 15 is 0 Å². The van der Waals surface area contributed by atoms with E-state index in [4.69, 9.17) is 0 Å². The topological polar surface area (TPSA) is 83.6 Å². The number of non-ortho nitro benzene ring substituents is 1. The van der Waals surface area contributed by atoms with Gasteiger partial charge in [-0.2, -0.15) is 0 Å². The summed E-state index contributed by atoms with van der Waals surface area (Å²) >= 11 is 0. The first-order valence-electron chi connectivity index (χ1n) is 5.29. The van der Waals surface area contributed by atoms with Gasteiger partial charge in [0, 0.05) is 12.1 Å². The zero-order valence-electron chi connectivity index (χ0n) is 9.35. The van der Waals surface area contributed by atoms with E-state index < -0.39 is 12.0 Å². The average Bonchev–Trinajstić information content (AvgIpc) is 2.39. The summed E-state index contributed by atoms with van der Waals surface area (Å²) in [6, 6.07) is 13.1. The van der Waals surface area contributed by atoms with Crippen molar-refractivity contribution in [3.63, 3.8) is 0 Å². The van der Waals surface area contributed by atoms with Gasteiger partial charge in [0.15, 0.2) is 0 Å². The lowest BCUT2D eigenvalue weighted by Gasteiger charge is -2.08. The van der Waals surface area contributed by atoms with Crippen LogP contribution >= 0.6 is 0 Å². The second kappa shape index (κ2) is 4.99. The number of hydrogen-bond donors (Lipinski definition) is 2. The van der Waals surface area contributed by atoms with Crippen molar-refractivity contribution in [3.8, 4) is 11.1 Å².